The van der Waals surface area contributed by atoms with Crippen molar-refractivity contribution in [2.45, 2.75) is 19.7 Å². The van der Waals surface area contributed by atoms with Gasteiger partial charge in [0, 0.05) is 0 Å². The molecule has 0 spiro atoms. The third-order valence-corrected chi connectivity index (χ3v) is 1.53. The van der Waals surface area contributed by atoms with Crippen LogP contribution in [0.5, 0.6) is 0 Å². The summed E-state index contributed by atoms with van der Waals surface area (Å²) in [6, 6.07) is 5.96. The van der Waals surface area contributed by atoms with E-state index in [0.29, 0.717) is 6.61 Å². The van der Waals surface area contributed by atoms with Crippen LogP contribution in [0.3, 0.4) is 0 Å². The van der Waals surface area contributed by atoms with Gasteiger partial charge >= 0.3 is 0 Å². The van der Waals surface area contributed by atoms with Crippen molar-refractivity contribution in [3.8, 4) is 0 Å². The van der Waals surface area contributed by atoms with Gasteiger partial charge in [-0.1, -0.05) is 12.1 Å². The Kier molecular flexibility index (Phi) is 3.83. The number of ether oxygens (including phenoxy) is 1. The first kappa shape index (κ1) is 10.1. The molecule has 1 atom stereocenters. The van der Waals surface area contributed by atoms with Gasteiger partial charge in [0.2, 0.25) is 0 Å². The van der Waals surface area contributed by atoms with E-state index in [9.17, 15) is 8.78 Å². The van der Waals surface area contributed by atoms with Crippen molar-refractivity contribution in [2.24, 2.45) is 0 Å². The Morgan fingerprint density at radius 3 is 2.46 bits per heavy atom. The highest BCUT2D eigenvalue weighted by atomic mass is 19.1. The van der Waals surface area contributed by atoms with E-state index < -0.39 is 6.17 Å². The van der Waals surface area contributed by atoms with Gasteiger partial charge in [-0.05, 0) is 24.6 Å². The van der Waals surface area contributed by atoms with E-state index >= 15 is 0 Å². The Labute approximate surface area is 76.3 Å². The molecule has 0 fully saturated rings. The summed E-state index contributed by atoms with van der Waals surface area (Å²) in [6.07, 6.45) is -0.958. The third-order valence-electron chi connectivity index (χ3n) is 1.53. The van der Waals surface area contributed by atoms with Crippen LogP contribution in [0.1, 0.15) is 12.5 Å². The minimum absolute atomic E-state index is 0.0807. The van der Waals surface area contributed by atoms with Crippen LogP contribution in [-0.4, -0.2) is 12.8 Å². The highest BCUT2D eigenvalue weighted by molar-refractivity contribution is 5.14. The molecular formula is C10H12F2O. The summed E-state index contributed by atoms with van der Waals surface area (Å²) in [4.78, 5) is 0. The van der Waals surface area contributed by atoms with Gasteiger partial charge in [0.05, 0.1) is 13.2 Å². The highest BCUT2D eigenvalue weighted by Crippen LogP contribution is 2.04. The van der Waals surface area contributed by atoms with Crippen LogP contribution in [0.25, 0.3) is 0 Å². The van der Waals surface area contributed by atoms with E-state index in [4.69, 9.17) is 4.74 Å². The Balaban J connectivity index is 2.33. The molecule has 0 saturated carbocycles. The zero-order valence-corrected chi connectivity index (χ0v) is 7.47. The first-order chi connectivity index (χ1) is 6.18. The summed E-state index contributed by atoms with van der Waals surface area (Å²) in [5, 5.41) is 0. The quantitative estimate of drug-likeness (QED) is 0.702. The lowest BCUT2D eigenvalue weighted by atomic mass is 10.2. The molecular weight excluding hydrogens is 174 g/mol. The molecule has 1 nitrogen and oxygen atoms in total. The predicted molar refractivity (Wildman–Crippen MR) is 46.6 cm³/mol. The zero-order chi connectivity index (χ0) is 9.68. The summed E-state index contributed by atoms with van der Waals surface area (Å²) >= 11 is 0. The number of hydrogen-bond acceptors (Lipinski definition) is 1. The summed E-state index contributed by atoms with van der Waals surface area (Å²) in [5.74, 6) is -0.275. The summed E-state index contributed by atoms with van der Waals surface area (Å²) in [7, 11) is 0. The average molecular weight is 186 g/mol. The molecule has 0 radical (unpaired) electrons. The molecule has 1 unspecified atom stereocenters. The SMILES string of the molecule is CC(F)COCc1ccc(F)cc1. The predicted octanol–water partition coefficient (Wildman–Crippen LogP) is 2.70. The van der Waals surface area contributed by atoms with Crippen molar-refractivity contribution < 1.29 is 13.5 Å². The maximum atomic E-state index is 12.4. The summed E-state index contributed by atoms with van der Waals surface area (Å²) in [5.41, 5.74) is 0.849. The lowest BCUT2D eigenvalue weighted by Crippen LogP contribution is -2.05. The Morgan fingerprint density at radius 1 is 1.31 bits per heavy atom. The number of hydrogen-bond donors (Lipinski definition) is 0. The molecule has 13 heavy (non-hydrogen) atoms. The molecule has 0 saturated heterocycles. The minimum Gasteiger partial charge on any atom is -0.374 e. The van der Waals surface area contributed by atoms with E-state index in [0.717, 1.165) is 5.56 Å². The van der Waals surface area contributed by atoms with E-state index in [-0.39, 0.29) is 12.4 Å². The van der Waals surface area contributed by atoms with E-state index in [1.54, 1.807) is 12.1 Å². The lowest BCUT2D eigenvalue weighted by Gasteiger charge is -2.04. The first-order valence-electron chi connectivity index (χ1n) is 4.15. The van der Waals surface area contributed by atoms with Crippen LogP contribution in [0.15, 0.2) is 24.3 Å². The first-order valence-corrected chi connectivity index (χ1v) is 4.15. The van der Waals surface area contributed by atoms with Gasteiger partial charge in [0.15, 0.2) is 0 Å². The maximum Gasteiger partial charge on any atom is 0.123 e. The van der Waals surface area contributed by atoms with Crippen LogP contribution in [0.2, 0.25) is 0 Å². The topological polar surface area (TPSA) is 9.23 Å². The fourth-order valence-corrected chi connectivity index (χ4v) is 0.920. The molecule has 1 aromatic rings. The van der Waals surface area contributed by atoms with Gasteiger partial charge in [-0.3, -0.25) is 0 Å². The number of alkyl halides is 1. The molecule has 72 valence electrons. The number of rotatable bonds is 4. The van der Waals surface area contributed by atoms with Crippen molar-refractivity contribution in [1.29, 1.82) is 0 Å². The Hall–Kier alpha value is -0.960. The molecule has 3 heteroatoms. The van der Waals surface area contributed by atoms with Gasteiger partial charge in [-0.2, -0.15) is 0 Å². The van der Waals surface area contributed by atoms with Crippen molar-refractivity contribution in [3.63, 3.8) is 0 Å². The largest absolute Gasteiger partial charge is 0.374 e. The number of benzene rings is 1. The van der Waals surface area contributed by atoms with Gasteiger partial charge in [0.1, 0.15) is 12.0 Å². The van der Waals surface area contributed by atoms with Crippen LogP contribution in [0, 0.1) is 5.82 Å². The minimum atomic E-state index is -0.958. The third kappa shape index (κ3) is 3.99. The second-order valence-electron chi connectivity index (χ2n) is 2.92. The van der Waals surface area contributed by atoms with E-state index in [1.807, 2.05) is 0 Å². The molecule has 0 N–H and O–H groups in total. The van der Waals surface area contributed by atoms with Crippen LogP contribution >= 0.6 is 0 Å². The zero-order valence-electron chi connectivity index (χ0n) is 7.47. The van der Waals surface area contributed by atoms with Gasteiger partial charge in [-0.25, -0.2) is 8.78 Å². The molecule has 0 heterocycles. The molecule has 1 rings (SSSR count). The molecule has 0 aliphatic rings. The van der Waals surface area contributed by atoms with Crippen molar-refractivity contribution in [3.05, 3.63) is 35.6 Å². The van der Waals surface area contributed by atoms with E-state index in [2.05, 4.69) is 0 Å². The average Bonchev–Trinajstić information content (AvgIpc) is 2.08. The highest BCUT2D eigenvalue weighted by Gasteiger charge is 1.98. The van der Waals surface area contributed by atoms with Crippen LogP contribution in [0.4, 0.5) is 8.78 Å². The van der Waals surface area contributed by atoms with E-state index in [1.165, 1.54) is 19.1 Å². The fourth-order valence-electron chi connectivity index (χ4n) is 0.920. The van der Waals surface area contributed by atoms with Gasteiger partial charge in [-0.15, -0.1) is 0 Å². The smallest absolute Gasteiger partial charge is 0.123 e. The summed E-state index contributed by atoms with van der Waals surface area (Å²) in [6.45, 7) is 1.84. The Bertz CT molecular complexity index is 244. The van der Waals surface area contributed by atoms with Crippen molar-refractivity contribution in [2.75, 3.05) is 6.61 Å². The maximum absolute atomic E-state index is 12.4. The molecule has 0 aliphatic heterocycles. The molecule has 1 aromatic carbocycles. The normalized spacial score (nSPS) is 12.8. The number of halogens is 2. The van der Waals surface area contributed by atoms with Gasteiger partial charge in [0.25, 0.3) is 0 Å². The van der Waals surface area contributed by atoms with Crippen molar-refractivity contribution in [1.82, 2.24) is 0 Å². The van der Waals surface area contributed by atoms with Crippen LogP contribution in [-0.2, 0) is 11.3 Å². The molecule has 0 aliphatic carbocycles. The monoisotopic (exact) mass is 186 g/mol. The summed E-state index contributed by atoms with van der Waals surface area (Å²) < 4.78 is 29.7. The molecule has 0 amide bonds. The molecule has 0 bridgehead atoms. The second kappa shape index (κ2) is 4.92. The van der Waals surface area contributed by atoms with Crippen LogP contribution < -0.4 is 0 Å². The fraction of sp³-hybridized carbons (Fsp3) is 0.400. The van der Waals surface area contributed by atoms with Crippen molar-refractivity contribution >= 4 is 0 Å². The van der Waals surface area contributed by atoms with Gasteiger partial charge < -0.3 is 4.74 Å². The second-order valence-corrected chi connectivity index (χ2v) is 2.92. The standard InChI is InChI=1S/C10H12F2O/c1-8(11)6-13-7-9-2-4-10(12)5-3-9/h2-5,8H,6-7H2,1H3. The molecule has 0 aromatic heterocycles. The lowest BCUT2D eigenvalue weighted by molar-refractivity contribution is 0.0762. The Morgan fingerprint density at radius 2 is 1.92 bits per heavy atom.